The van der Waals surface area contributed by atoms with Gasteiger partial charge < -0.3 is 9.84 Å². The van der Waals surface area contributed by atoms with Gasteiger partial charge >= 0.3 is 12.1 Å². The number of amides is 2. The average molecular weight is 268 g/mol. The summed E-state index contributed by atoms with van der Waals surface area (Å²) < 4.78 is 5.84. The van der Waals surface area contributed by atoms with Crippen molar-refractivity contribution in [3.63, 3.8) is 0 Å². The highest BCUT2D eigenvalue weighted by molar-refractivity contribution is 5.93. The quantitative estimate of drug-likeness (QED) is 0.783. The zero-order chi connectivity index (χ0) is 14.0. The summed E-state index contributed by atoms with van der Waals surface area (Å²) in [4.78, 5) is 34.9. The van der Waals surface area contributed by atoms with E-state index >= 15 is 0 Å². The number of carbonyl (C=O) groups is 3. The number of aromatic carboxylic acids is 1. The number of hydrogen-bond acceptors (Lipinski definition) is 6. The number of carbonyl (C=O) groups excluding carboxylic acids is 2. The second kappa shape index (κ2) is 5.04. The Balaban J connectivity index is 2.17. The van der Waals surface area contributed by atoms with Gasteiger partial charge in [0, 0.05) is 0 Å². The van der Waals surface area contributed by atoms with E-state index in [1.165, 1.54) is 4.68 Å². The van der Waals surface area contributed by atoms with Crippen LogP contribution in [0, 0.1) is 0 Å². The van der Waals surface area contributed by atoms with Gasteiger partial charge in [-0.25, -0.2) is 19.2 Å². The molecule has 9 nitrogen and oxygen atoms in total. The highest BCUT2D eigenvalue weighted by atomic mass is 16.6. The molecule has 1 aromatic rings. The first kappa shape index (κ1) is 13.0. The van der Waals surface area contributed by atoms with Crippen molar-refractivity contribution in [3.05, 3.63) is 11.4 Å². The van der Waals surface area contributed by atoms with Crippen molar-refractivity contribution in [3.8, 4) is 0 Å². The molecule has 0 radical (unpaired) electrons. The van der Waals surface area contributed by atoms with Crippen molar-refractivity contribution in [1.29, 1.82) is 0 Å². The van der Waals surface area contributed by atoms with Crippen LogP contribution in [-0.4, -0.2) is 56.1 Å². The van der Waals surface area contributed by atoms with Crippen LogP contribution >= 0.6 is 0 Å². The van der Waals surface area contributed by atoms with Crippen LogP contribution in [0.1, 0.15) is 23.1 Å². The topological polar surface area (TPSA) is 115 Å². The van der Waals surface area contributed by atoms with Gasteiger partial charge in [0.2, 0.25) is 0 Å². The van der Waals surface area contributed by atoms with Crippen LogP contribution in [0.15, 0.2) is 0 Å². The summed E-state index contributed by atoms with van der Waals surface area (Å²) >= 11 is 0. The first-order valence-electron chi connectivity index (χ1n) is 5.67. The molecule has 0 saturated carbocycles. The fourth-order valence-electron chi connectivity index (χ4n) is 1.81. The Morgan fingerprint density at radius 3 is 2.74 bits per heavy atom. The number of cyclic esters (lactones) is 1. The van der Waals surface area contributed by atoms with Crippen LogP contribution < -0.4 is 0 Å². The second-order valence-corrected chi connectivity index (χ2v) is 3.86. The number of aromatic nitrogens is 3. The molecule has 1 aliphatic rings. The van der Waals surface area contributed by atoms with Gasteiger partial charge in [0.1, 0.15) is 13.2 Å². The number of imide groups is 1. The normalized spacial score (nSPS) is 14.6. The smallest absolute Gasteiger partial charge is 0.416 e. The van der Waals surface area contributed by atoms with Crippen LogP contribution in [0.5, 0.6) is 0 Å². The number of rotatable bonds is 4. The lowest BCUT2D eigenvalue weighted by atomic mass is 10.2. The molecule has 1 aliphatic heterocycles. The van der Waals surface area contributed by atoms with Crippen LogP contribution in [0.2, 0.25) is 0 Å². The third kappa shape index (κ3) is 2.39. The lowest BCUT2D eigenvalue weighted by Gasteiger charge is -2.11. The van der Waals surface area contributed by atoms with Gasteiger partial charge in [0.05, 0.1) is 12.2 Å². The number of carboxylic acid groups (broad SMARTS) is 1. The van der Waals surface area contributed by atoms with E-state index in [0.29, 0.717) is 12.1 Å². The summed E-state index contributed by atoms with van der Waals surface area (Å²) in [6.45, 7) is 1.86. The molecule has 0 bridgehead atoms. The largest absolute Gasteiger partial charge is 0.476 e. The lowest BCUT2D eigenvalue weighted by Crippen LogP contribution is -2.35. The number of ether oxygens (including phenoxy) is 1. The molecular formula is C10H12N4O5. The van der Waals surface area contributed by atoms with E-state index in [-0.39, 0.29) is 25.4 Å². The van der Waals surface area contributed by atoms with Crippen molar-refractivity contribution in [2.75, 3.05) is 13.2 Å². The minimum Gasteiger partial charge on any atom is -0.476 e. The highest BCUT2D eigenvalue weighted by Gasteiger charge is 2.29. The molecule has 2 rings (SSSR count). The Bertz CT molecular complexity index is 538. The Morgan fingerprint density at radius 2 is 2.21 bits per heavy atom. The molecule has 9 heteroatoms. The predicted octanol–water partition coefficient (Wildman–Crippen LogP) is -0.483. The molecule has 2 amide bonds. The zero-order valence-electron chi connectivity index (χ0n) is 10.2. The first-order chi connectivity index (χ1) is 9.04. The molecule has 0 unspecified atom stereocenters. The van der Waals surface area contributed by atoms with Gasteiger partial charge in [-0.05, 0) is 6.42 Å². The van der Waals surface area contributed by atoms with Crippen molar-refractivity contribution in [2.24, 2.45) is 0 Å². The van der Waals surface area contributed by atoms with E-state index < -0.39 is 18.0 Å². The molecule has 0 atom stereocenters. The molecule has 1 saturated heterocycles. The lowest BCUT2D eigenvalue weighted by molar-refractivity contribution is -0.128. The van der Waals surface area contributed by atoms with Gasteiger partial charge in [-0.3, -0.25) is 4.79 Å². The molecule has 1 N–H and O–H groups in total. The molecule has 0 aliphatic carbocycles. The second-order valence-electron chi connectivity index (χ2n) is 3.86. The van der Waals surface area contributed by atoms with Crippen molar-refractivity contribution < 1.29 is 24.2 Å². The van der Waals surface area contributed by atoms with E-state index in [1.54, 1.807) is 6.92 Å². The van der Waals surface area contributed by atoms with Crippen LogP contribution in [0.3, 0.4) is 0 Å². The summed E-state index contributed by atoms with van der Waals surface area (Å²) in [7, 11) is 0. The minimum absolute atomic E-state index is 0.170. The standard InChI is InChI=1S/C10H12N4O5/c1-2-6-8(9(16)17)11-12-14(6)5-7(15)13-3-4-19-10(13)18/h2-5H2,1H3,(H,16,17). The average Bonchev–Trinajstić information content (AvgIpc) is 2.94. The summed E-state index contributed by atoms with van der Waals surface area (Å²) in [5.74, 6) is -1.70. The third-order valence-electron chi connectivity index (χ3n) is 2.72. The summed E-state index contributed by atoms with van der Waals surface area (Å²) in [5, 5.41) is 16.1. The minimum atomic E-state index is -1.20. The van der Waals surface area contributed by atoms with Gasteiger partial charge in [-0.15, -0.1) is 5.10 Å². The van der Waals surface area contributed by atoms with E-state index in [9.17, 15) is 14.4 Å². The van der Waals surface area contributed by atoms with E-state index in [1.807, 2.05) is 0 Å². The van der Waals surface area contributed by atoms with Gasteiger partial charge in [0.25, 0.3) is 5.91 Å². The van der Waals surface area contributed by atoms with E-state index in [4.69, 9.17) is 5.11 Å². The third-order valence-corrected chi connectivity index (χ3v) is 2.72. The molecule has 0 aromatic carbocycles. The molecule has 19 heavy (non-hydrogen) atoms. The summed E-state index contributed by atoms with van der Waals surface area (Å²) in [5.41, 5.74) is 0.160. The van der Waals surface area contributed by atoms with Crippen molar-refractivity contribution >= 4 is 18.0 Å². The van der Waals surface area contributed by atoms with E-state index in [2.05, 4.69) is 15.0 Å². The molecule has 1 fully saturated rings. The number of nitrogens with zero attached hydrogens (tertiary/aromatic N) is 4. The van der Waals surface area contributed by atoms with E-state index in [0.717, 1.165) is 4.90 Å². The molecule has 102 valence electrons. The number of hydrogen-bond donors (Lipinski definition) is 1. The Kier molecular flexibility index (Phi) is 3.45. The molecule has 0 spiro atoms. The molecule has 2 heterocycles. The van der Waals surface area contributed by atoms with Crippen LogP contribution in [0.25, 0.3) is 0 Å². The van der Waals surface area contributed by atoms with Gasteiger partial charge in [-0.1, -0.05) is 12.1 Å². The zero-order valence-corrected chi connectivity index (χ0v) is 10.2. The number of carboxylic acids is 1. The maximum atomic E-state index is 11.9. The van der Waals surface area contributed by atoms with Crippen molar-refractivity contribution in [2.45, 2.75) is 19.9 Å². The molecular weight excluding hydrogens is 256 g/mol. The highest BCUT2D eigenvalue weighted by Crippen LogP contribution is 2.09. The van der Waals surface area contributed by atoms with Gasteiger partial charge in [-0.2, -0.15) is 0 Å². The fourth-order valence-corrected chi connectivity index (χ4v) is 1.81. The Morgan fingerprint density at radius 1 is 1.47 bits per heavy atom. The van der Waals surface area contributed by atoms with Crippen molar-refractivity contribution in [1.82, 2.24) is 19.9 Å². The van der Waals surface area contributed by atoms with Crippen LogP contribution in [-0.2, 0) is 22.5 Å². The fraction of sp³-hybridized carbons (Fsp3) is 0.500. The summed E-state index contributed by atoms with van der Waals surface area (Å²) in [6.07, 6.45) is -0.326. The molecule has 1 aromatic heterocycles. The maximum absolute atomic E-state index is 11.9. The summed E-state index contributed by atoms with van der Waals surface area (Å²) in [6, 6.07) is 0. The Hall–Kier alpha value is -2.45. The van der Waals surface area contributed by atoms with Crippen LogP contribution in [0.4, 0.5) is 4.79 Å². The Labute approximate surface area is 107 Å². The van der Waals surface area contributed by atoms with Gasteiger partial charge in [0.15, 0.2) is 5.69 Å². The first-order valence-corrected chi connectivity index (χ1v) is 5.67. The predicted molar refractivity (Wildman–Crippen MR) is 59.4 cm³/mol. The monoisotopic (exact) mass is 268 g/mol. The SMILES string of the molecule is CCc1c(C(=O)O)nnn1CC(=O)N1CCOC1=O. The maximum Gasteiger partial charge on any atom is 0.416 e.